The molecular formula is C13H25N5O2S. The zero-order chi connectivity index (χ0) is 16.0. The zero-order valence-corrected chi connectivity index (χ0v) is 13.8. The van der Waals surface area contributed by atoms with E-state index >= 15 is 0 Å². The molecule has 0 spiro atoms. The van der Waals surface area contributed by atoms with Gasteiger partial charge in [-0.25, -0.2) is 13.1 Å². The van der Waals surface area contributed by atoms with Crippen molar-refractivity contribution in [3.8, 4) is 0 Å². The summed E-state index contributed by atoms with van der Waals surface area (Å²) in [5, 5.41) is 0. The first-order valence-corrected chi connectivity index (χ1v) is 8.32. The van der Waals surface area contributed by atoms with E-state index < -0.39 is 10.0 Å². The molecular weight excluding hydrogens is 290 g/mol. The van der Waals surface area contributed by atoms with Gasteiger partial charge in [0.2, 0.25) is 10.0 Å². The van der Waals surface area contributed by atoms with E-state index in [1.807, 2.05) is 19.0 Å². The van der Waals surface area contributed by atoms with Crippen LogP contribution >= 0.6 is 0 Å². The van der Waals surface area contributed by atoms with Crippen molar-refractivity contribution in [3.05, 3.63) is 18.5 Å². The lowest BCUT2D eigenvalue weighted by atomic mass is 10.0. The summed E-state index contributed by atoms with van der Waals surface area (Å²) >= 11 is 0. The molecule has 0 bridgehead atoms. The van der Waals surface area contributed by atoms with Gasteiger partial charge in [-0.05, 0) is 32.5 Å². The third kappa shape index (κ3) is 5.58. The Morgan fingerprint density at radius 2 is 2.05 bits per heavy atom. The number of nitrogens with zero attached hydrogens (tertiary/aromatic N) is 2. The molecule has 0 saturated heterocycles. The van der Waals surface area contributed by atoms with Gasteiger partial charge in [0.25, 0.3) is 0 Å². The van der Waals surface area contributed by atoms with Crippen LogP contribution in [0.2, 0.25) is 0 Å². The molecule has 0 aliphatic carbocycles. The Bertz CT molecular complexity index is 535. The van der Waals surface area contributed by atoms with Crippen LogP contribution in [-0.4, -0.2) is 45.0 Å². The Labute approximate surface area is 127 Å². The lowest BCUT2D eigenvalue weighted by Crippen LogP contribution is -2.42. The summed E-state index contributed by atoms with van der Waals surface area (Å²) in [5.74, 6) is 5.75. The summed E-state index contributed by atoms with van der Waals surface area (Å²) in [7, 11) is 0.155. The van der Waals surface area contributed by atoms with Crippen molar-refractivity contribution in [3.63, 3.8) is 0 Å². The molecule has 1 rings (SSSR count). The van der Waals surface area contributed by atoms with Crippen molar-refractivity contribution in [2.75, 3.05) is 26.1 Å². The minimum absolute atomic E-state index is 0.0556. The Balaban J connectivity index is 2.99. The number of anilines is 1. The van der Waals surface area contributed by atoms with Gasteiger partial charge in [0.1, 0.15) is 4.90 Å². The molecule has 7 nitrogen and oxygen atoms in total. The largest absolute Gasteiger partial charge is 0.323 e. The summed E-state index contributed by atoms with van der Waals surface area (Å²) in [5.41, 5.74) is 2.71. The fourth-order valence-corrected chi connectivity index (χ4v) is 3.52. The lowest BCUT2D eigenvalue weighted by molar-refractivity contribution is 0.329. The Morgan fingerprint density at radius 3 is 2.57 bits per heavy atom. The highest BCUT2D eigenvalue weighted by atomic mass is 32.2. The molecule has 21 heavy (non-hydrogen) atoms. The molecule has 4 N–H and O–H groups in total. The molecule has 1 heterocycles. The predicted molar refractivity (Wildman–Crippen MR) is 84.2 cm³/mol. The third-order valence-corrected chi connectivity index (χ3v) is 4.44. The van der Waals surface area contributed by atoms with Gasteiger partial charge in [-0.1, -0.05) is 13.8 Å². The van der Waals surface area contributed by atoms with E-state index in [1.54, 1.807) is 0 Å². The number of hydrogen-bond donors (Lipinski definition) is 3. The Hall–Kier alpha value is -1.22. The number of likely N-dealkylation sites (N-methyl/N-ethyl adjacent to an activating group) is 1. The van der Waals surface area contributed by atoms with Crippen LogP contribution in [0, 0.1) is 5.92 Å². The number of pyridine rings is 1. The molecule has 0 fully saturated rings. The van der Waals surface area contributed by atoms with Crippen LogP contribution in [0.25, 0.3) is 0 Å². The Kier molecular flexibility index (Phi) is 6.53. The summed E-state index contributed by atoms with van der Waals surface area (Å²) < 4.78 is 27.8. The van der Waals surface area contributed by atoms with E-state index in [9.17, 15) is 8.42 Å². The summed E-state index contributed by atoms with van der Waals surface area (Å²) in [4.78, 5) is 5.88. The Morgan fingerprint density at radius 1 is 1.38 bits per heavy atom. The molecule has 0 amide bonds. The van der Waals surface area contributed by atoms with Gasteiger partial charge >= 0.3 is 0 Å². The maximum Gasteiger partial charge on any atom is 0.244 e. The minimum atomic E-state index is -3.68. The van der Waals surface area contributed by atoms with E-state index in [2.05, 4.69) is 29.0 Å². The van der Waals surface area contributed by atoms with Gasteiger partial charge in [-0.3, -0.25) is 10.8 Å². The van der Waals surface area contributed by atoms with Gasteiger partial charge in [-0.15, -0.1) is 0 Å². The molecule has 120 valence electrons. The third-order valence-electron chi connectivity index (χ3n) is 2.89. The standard InChI is InChI=1S/C13H25N5O2S/c1-10(2)7-11(9-18(3)4)17-21(19,20)13-8-15-6-5-12(13)16-14/h5-6,8,10-11,17H,7,9,14H2,1-4H3,(H,15,16). The molecule has 0 aliphatic heterocycles. The zero-order valence-electron chi connectivity index (χ0n) is 13.0. The second-order valence-corrected chi connectivity index (χ2v) is 7.41. The van der Waals surface area contributed by atoms with Crippen LogP contribution in [0.3, 0.4) is 0 Å². The highest BCUT2D eigenvalue weighted by Gasteiger charge is 2.24. The number of sulfonamides is 1. The number of nitrogens with two attached hydrogens (primary N) is 1. The normalized spacial score (nSPS) is 13.7. The van der Waals surface area contributed by atoms with Crippen LogP contribution < -0.4 is 16.0 Å². The fourth-order valence-electron chi connectivity index (χ4n) is 2.17. The molecule has 1 aromatic rings. The molecule has 0 aliphatic rings. The molecule has 1 atom stereocenters. The number of hydrazine groups is 1. The van der Waals surface area contributed by atoms with Crippen molar-refractivity contribution in [1.29, 1.82) is 0 Å². The van der Waals surface area contributed by atoms with Gasteiger partial charge in [0, 0.05) is 25.0 Å². The molecule has 0 saturated carbocycles. The van der Waals surface area contributed by atoms with E-state index in [-0.39, 0.29) is 10.9 Å². The SMILES string of the molecule is CC(C)CC(CN(C)C)NS(=O)(=O)c1cnccc1NN. The number of nitrogens with one attached hydrogen (secondary N) is 2. The molecule has 1 aromatic heterocycles. The van der Waals surface area contributed by atoms with E-state index in [0.29, 0.717) is 18.2 Å². The van der Waals surface area contributed by atoms with Crippen LogP contribution in [-0.2, 0) is 10.0 Å². The summed E-state index contributed by atoms with van der Waals surface area (Å²) in [6.07, 6.45) is 3.53. The number of hydrogen-bond acceptors (Lipinski definition) is 6. The van der Waals surface area contributed by atoms with Gasteiger partial charge in [0.15, 0.2) is 0 Å². The monoisotopic (exact) mass is 315 g/mol. The van der Waals surface area contributed by atoms with Crippen molar-refractivity contribution in [2.24, 2.45) is 11.8 Å². The second-order valence-electron chi connectivity index (χ2n) is 5.73. The van der Waals surface area contributed by atoms with Crippen molar-refractivity contribution in [1.82, 2.24) is 14.6 Å². The average molecular weight is 315 g/mol. The fraction of sp³-hybridized carbons (Fsp3) is 0.615. The van der Waals surface area contributed by atoms with E-state index in [0.717, 1.165) is 6.42 Å². The number of rotatable bonds is 8. The highest BCUT2D eigenvalue weighted by Crippen LogP contribution is 2.19. The first kappa shape index (κ1) is 17.8. The first-order valence-electron chi connectivity index (χ1n) is 6.84. The summed E-state index contributed by atoms with van der Waals surface area (Å²) in [6.45, 7) is 4.75. The van der Waals surface area contributed by atoms with Crippen molar-refractivity contribution in [2.45, 2.75) is 31.2 Å². The van der Waals surface area contributed by atoms with Crippen LogP contribution in [0.1, 0.15) is 20.3 Å². The van der Waals surface area contributed by atoms with E-state index in [4.69, 9.17) is 5.84 Å². The maximum atomic E-state index is 12.5. The van der Waals surface area contributed by atoms with Crippen LogP contribution in [0.5, 0.6) is 0 Å². The molecule has 0 radical (unpaired) electrons. The van der Waals surface area contributed by atoms with Gasteiger partial charge < -0.3 is 10.3 Å². The van der Waals surface area contributed by atoms with Crippen molar-refractivity contribution < 1.29 is 8.42 Å². The predicted octanol–water partition coefficient (Wildman–Crippen LogP) is 0.622. The maximum absolute atomic E-state index is 12.5. The van der Waals surface area contributed by atoms with Crippen LogP contribution in [0.15, 0.2) is 23.4 Å². The molecule has 0 aromatic carbocycles. The summed E-state index contributed by atoms with van der Waals surface area (Å²) in [6, 6.07) is 1.36. The number of aromatic nitrogens is 1. The topological polar surface area (TPSA) is 100 Å². The quantitative estimate of drug-likeness (QED) is 0.480. The number of nitrogen functional groups attached to an aromatic ring is 1. The lowest BCUT2D eigenvalue weighted by Gasteiger charge is -2.24. The highest BCUT2D eigenvalue weighted by molar-refractivity contribution is 7.89. The van der Waals surface area contributed by atoms with Gasteiger partial charge in [0.05, 0.1) is 5.69 Å². The first-order chi connectivity index (χ1) is 9.76. The van der Waals surface area contributed by atoms with Crippen molar-refractivity contribution >= 4 is 15.7 Å². The second kappa shape index (κ2) is 7.69. The minimum Gasteiger partial charge on any atom is -0.323 e. The molecule has 8 heteroatoms. The van der Waals surface area contributed by atoms with E-state index in [1.165, 1.54) is 18.5 Å². The molecule has 1 unspecified atom stereocenters. The average Bonchev–Trinajstić information content (AvgIpc) is 2.36. The van der Waals surface area contributed by atoms with Crippen LogP contribution in [0.4, 0.5) is 5.69 Å². The smallest absolute Gasteiger partial charge is 0.244 e. The van der Waals surface area contributed by atoms with Gasteiger partial charge in [-0.2, -0.15) is 0 Å².